The number of aromatic nitrogens is 2. The highest BCUT2D eigenvalue weighted by Crippen LogP contribution is 2.40. The molecule has 0 radical (unpaired) electrons. The Labute approximate surface area is 216 Å². The van der Waals surface area contributed by atoms with E-state index in [-0.39, 0.29) is 21.8 Å². The maximum absolute atomic E-state index is 13.4. The van der Waals surface area contributed by atoms with Crippen LogP contribution in [0.1, 0.15) is 37.6 Å². The van der Waals surface area contributed by atoms with Crippen LogP contribution in [0.3, 0.4) is 0 Å². The number of carbonyl (C=O) groups is 1. The van der Waals surface area contributed by atoms with Crippen molar-refractivity contribution in [3.8, 4) is 22.8 Å². The summed E-state index contributed by atoms with van der Waals surface area (Å²) in [5.74, 6) is 0.916. The molecule has 3 heterocycles. The summed E-state index contributed by atoms with van der Waals surface area (Å²) in [5.41, 5.74) is 6.85. The number of rotatable bonds is 7. The lowest BCUT2D eigenvalue weighted by molar-refractivity contribution is 0.0981. The predicted molar refractivity (Wildman–Crippen MR) is 141 cm³/mol. The Morgan fingerprint density at radius 1 is 1.16 bits per heavy atom. The predicted octanol–water partition coefficient (Wildman–Crippen LogP) is 3.49. The monoisotopic (exact) mass is 525 g/mol. The second-order valence-corrected chi connectivity index (χ2v) is 11.3. The molecule has 10 nitrogen and oxygen atoms in total. The zero-order valence-corrected chi connectivity index (χ0v) is 22.3. The van der Waals surface area contributed by atoms with Crippen LogP contribution in [0, 0.1) is 5.92 Å². The molecule has 0 saturated carbocycles. The SMILES string of the molecule is COc1ccc(-c2ccc(C(=O)NS(=O)(=O)c3cccnc3N)c(N3C[C@@H](C)CC3(C)C)n2)c(OC)c1. The lowest BCUT2D eigenvalue weighted by Gasteiger charge is -2.34. The van der Waals surface area contributed by atoms with Gasteiger partial charge in [0.15, 0.2) is 0 Å². The zero-order valence-electron chi connectivity index (χ0n) is 21.5. The van der Waals surface area contributed by atoms with E-state index in [4.69, 9.17) is 20.2 Å². The highest BCUT2D eigenvalue weighted by atomic mass is 32.2. The lowest BCUT2D eigenvalue weighted by atomic mass is 9.97. The van der Waals surface area contributed by atoms with Gasteiger partial charge in [0, 0.05) is 29.9 Å². The number of nitrogen functional groups attached to an aromatic ring is 1. The first kappa shape index (κ1) is 26.2. The minimum Gasteiger partial charge on any atom is -0.497 e. The summed E-state index contributed by atoms with van der Waals surface area (Å²) in [5, 5.41) is 0. The summed E-state index contributed by atoms with van der Waals surface area (Å²) in [6, 6.07) is 11.4. The molecule has 1 fully saturated rings. The van der Waals surface area contributed by atoms with Crippen molar-refractivity contribution < 1.29 is 22.7 Å². The first-order chi connectivity index (χ1) is 17.5. The van der Waals surface area contributed by atoms with Crippen LogP contribution in [-0.2, 0) is 10.0 Å². The Morgan fingerprint density at radius 2 is 1.92 bits per heavy atom. The van der Waals surface area contributed by atoms with Crippen LogP contribution in [0.5, 0.6) is 11.5 Å². The maximum atomic E-state index is 13.4. The molecule has 0 spiro atoms. The number of hydrogen-bond acceptors (Lipinski definition) is 9. The van der Waals surface area contributed by atoms with Crippen LogP contribution in [0.4, 0.5) is 11.6 Å². The minimum atomic E-state index is -4.27. The van der Waals surface area contributed by atoms with Crippen LogP contribution >= 0.6 is 0 Å². The molecule has 1 saturated heterocycles. The minimum absolute atomic E-state index is 0.129. The van der Waals surface area contributed by atoms with Gasteiger partial charge in [-0.3, -0.25) is 4.79 Å². The number of nitrogens with two attached hydrogens (primary N) is 1. The highest BCUT2D eigenvalue weighted by Gasteiger charge is 2.39. The third-order valence-electron chi connectivity index (χ3n) is 6.45. The number of hydrogen-bond donors (Lipinski definition) is 2. The second-order valence-electron chi connectivity index (χ2n) is 9.69. The normalized spacial score (nSPS) is 16.9. The van der Waals surface area contributed by atoms with E-state index in [1.807, 2.05) is 6.07 Å². The Bertz CT molecular complexity index is 1440. The van der Waals surface area contributed by atoms with Gasteiger partial charge in [0.05, 0.1) is 25.5 Å². The van der Waals surface area contributed by atoms with Gasteiger partial charge in [-0.2, -0.15) is 0 Å². The van der Waals surface area contributed by atoms with E-state index >= 15 is 0 Å². The van der Waals surface area contributed by atoms with Gasteiger partial charge < -0.3 is 20.1 Å². The molecule has 1 aliphatic rings. The number of ether oxygens (including phenoxy) is 2. The quantitative estimate of drug-likeness (QED) is 0.475. The zero-order chi connectivity index (χ0) is 27.0. The molecule has 37 heavy (non-hydrogen) atoms. The van der Waals surface area contributed by atoms with Crippen molar-refractivity contribution in [1.82, 2.24) is 14.7 Å². The Hall–Kier alpha value is -3.86. The fraction of sp³-hybridized carbons (Fsp3) is 0.346. The molecule has 11 heteroatoms. The lowest BCUT2D eigenvalue weighted by Crippen LogP contribution is -2.41. The van der Waals surface area contributed by atoms with Gasteiger partial charge in [0.25, 0.3) is 15.9 Å². The van der Waals surface area contributed by atoms with Crippen LogP contribution in [-0.4, -0.2) is 50.6 Å². The maximum Gasteiger partial charge on any atom is 0.268 e. The van der Waals surface area contributed by atoms with E-state index in [0.717, 1.165) is 6.42 Å². The molecule has 1 aliphatic heterocycles. The number of nitrogens with zero attached hydrogens (tertiary/aromatic N) is 3. The standard InChI is InChI=1S/C26H31N5O5S/c1-16-14-26(2,3)31(15-16)24-19(25(32)30-37(33,34)22-7-6-12-28-23(22)27)10-11-20(29-24)18-9-8-17(35-4)13-21(18)36-5/h6-13,16H,14-15H2,1-5H3,(H2,27,28)(H,30,32)/t16-/m0/s1. The summed E-state index contributed by atoms with van der Waals surface area (Å²) >= 11 is 0. The molecule has 2 aromatic heterocycles. The Balaban J connectivity index is 1.81. The fourth-order valence-corrected chi connectivity index (χ4v) is 5.86. The van der Waals surface area contributed by atoms with Gasteiger partial charge >= 0.3 is 0 Å². The van der Waals surface area contributed by atoms with Crippen LogP contribution in [0.2, 0.25) is 0 Å². The summed E-state index contributed by atoms with van der Waals surface area (Å²) in [6.45, 7) is 6.94. The number of methoxy groups -OCH3 is 2. The molecule has 4 rings (SSSR count). The molecule has 3 aromatic rings. The number of benzene rings is 1. The van der Waals surface area contributed by atoms with Gasteiger partial charge in [0.2, 0.25) is 0 Å². The van der Waals surface area contributed by atoms with E-state index < -0.39 is 15.9 Å². The second kappa shape index (κ2) is 9.89. The first-order valence-electron chi connectivity index (χ1n) is 11.8. The third kappa shape index (κ3) is 5.17. The Kier molecular flexibility index (Phi) is 7.00. The third-order valence-corrected chi connectivity index (χ3v) is 7.83. The van der Waals surface area contributed by atoms with Crippen LogP contribution < -0.4 is 24.8 Å². The smallest absolute Gasteiger partial charge is 0.268 e. The van der Waals surface area contributed by atoms with Crippen molar-refractivity contribution in [3.05, 3.63) is 54.2 Å². The van der Waals surface area contributed by atoms with Crippen molar-refractivity contribution in [1.29, 1.82) is 0 Å². The molecule has 1 atom stereocenters. The summed E-state index contributed by atoms with van der Waals surface area (Å²) in [4.78, 5) is 23.9. The molecular formula is C26H31N5O5S. The fourth-order valence-electron chi connectivity index (χ4n) is 4.81. The summed E-state index contributed by atoms with van der Waals surface area (Å²) in [7, 11) is -1.14. The van der Waals surface area contributed by atoms with Crippen molar-refractivity contribution in [2.75, 3.05) is 31.4 Å². The van der Waals surface area contributed by atoms with Crippen LogP contribution in [0.15, 0.2) is 53.6 Å². The highest BCUT2D eigenvalue weighted by molar-refractivity contribution is 7.90. The number of sulfonamides is 1. The van der Waals surface area contributed by atoms with Crippen LogP contribution in [0.25, 0.3) is 11.3 Å². The average Bonchev–Trinajstić information content (AvgIpc) is 3.14. The molecule has 0 bridgehead atoms. The van der Waals surface area contributed by atoms with Crippen molar-refractivity contribution in [2.45, 2.75) is 37.6 Å². The van der Waals surface area contributed by atoms with Crippen molar-refractivity contribution >= 4 is 27.6 Å². The summed E-state index contributed by atoms with van der Waals surface area (Å²) < 4.78 is 38.9. The van der Waals surface area contributed by atoms with Gasteiger partial charge in [0.1, 0.15) is 28.0 Å². The number of carbonyl (C=O) groups excluding carboxylic acids is 1. The van der Waals surface area contributed by atoms with Crippen molar-refractivity contribution in [3.63, 3.8) is 0 Å². The number of anilines is 2. The van der Waals surface area contributed by atoms with E-state index in [9.17, 15) is 13.2 Å². The molecule has 1 aromatic carbocycles. The van der Waals surface area contributed by atoms with Gasteiger partial charge in [-0.25, -0.2) is 23.1 Å². The van der Waals surface area contributed by atoms with E-state index in [1.54, 1.807) is 38.5 Å². The topological polar surface area (TPSA) is 137 Å². The molecule has 196 valence electrons. The Morgan fingerprint density at radius 3 is 2.54 bits per heavy atom. The average molecular weight is 526 g/mol. The van der Waals surface area contributed by atoms with E-state index in [0.29, 0.717) is 41.0 Å². The number of amides is 1. The molecule has 0 unspecified atom stereocenters. The largest absolute Gasteiger partial charge is 0.497 e. The van der Waals surface area contributed by atoms with Crippen molar-refractivity contribution in [2.24, 2.45) is 5.92 Å². The van der Waals surface area contributed by atoms with E-state index in [1.165, 1.54) is 18.3 Å². The van der Waals surface area contributed by atoms with Gasteiger partial charge in [-0.1, -0.05) is 6.92 Å². The molecular weight excluding hydrogens is 494 g/mol. The molecule has 3 N–H and O–H groups in total. The first-order valence-corrected chi connectivity index (χ1v) is 13.2. The molecule has 0 aliphatic carbocycles. The van der Waals surface area contributed by atoms with Gasteiger partial charge in [-0.05, 0) is 62.6 Å². The number of nitrogens with one attached hydrogen (secondary N) is 1. The van der Waals surface area contributed by atoms with E-state index in [2.05, 4.69) is 35.4 Å². The molecule has 1 amide bonds. The van der Waals surface area contributed by atoms with Gasteiger partial charge in [-0.15, -0.1) is 0 Å². The number of pyridine rings is 2. The summed E-state index contributed by atoms with van der Waals surface area (Å²) in [6.07, 6.45) is 2.26.